The quantitative estimate of drug-likeness (QED) is 0.121. The first-order valence-electron chi connectivity index (χ1n) is 26.7. The van der Waals surface area contributed by atoms with Gasteiger partial charge in [-0.2, -0.15) is 0 Å². The average Bonchev–Trinajstić information content (AvgIpc) is 4.16. The highest BCUT2D eigenvalue weighted by atomic mass is 15.2. The zero-order chi connectivity index (χ0) is 51.8. The van der Waals surface area contributed by atoms with Crippen LogP contribution in [0.4, 0.5) is 68.2 Å². The summed E-state index contributed by atoms with van der Waals surface area (Å²) in [6.45, 7) is 0. The maximum absolute atomic E-state index is 2.43. The Morgan fingerprint density at radius 2 is 0.308 bits per heavy atom. The van der Waals surface area contributed by atoms with E-state index in [0.29, 0.717) is 0 Å². The first-order chi connectivity index (χ1) is 38.7. The molecule has 0 saturated carbocycles. The van der Waals surface area contributed by atoms with Crippen LogP contribution in [0.3, 0.4) is 0 Å². The minimum absolute atomic E-state index is 1.06. The van der Waals surface area contributed by atoms with Crippen LogP contribution in [0.2, 0.25) is 0 Å². The van der Waals surface area contributed by atoms with Gasteiger partial charge < -0.3 is 19.6 Å². The van der Waals surface area contributed by atoms with Gasteiger partial charge in [-0.1, -0.05) is 170 Å². The first kappa shape index (κ1) is 46.1. The molecule has 0 aromatic heterocycles. The lowest BCUT2D eigenvalue weighted by atomic mass is 9.91. The standard InChI is InChI=1S/C74H52N4/c1-7-23-53(24-8-1)75(54-25-9-2-10-26-54)59-39-43-61(44-40-59)77(57-31-15-5-16-32-57)63-47-49-67-68-50-48-64(52-72(68)74(71(67)51-63)73-69-37-21-19-35-65(69)66-36-20-22-38-70(66)73)78(58-33-17-6-18-34-58)62-45-41-60(42-46-62)76(55-27-11-3-12-28-55)56-29-13-4-14-30-56/h1-52H. The topological polar surface area (TPSA) is 13.0 Å². The van der Waals surface area contributed by atoms with Crippen molar-refractivity contribution in [3.63, 3.8) is 0 Å². The Bertz CT molecular complexity index is 3760. The summed E-state index contributed by atoms with van der Waals surface area (Å²) in [6.07, 6.45) is 0. The highest BCUT2D eigenvalue weighted by Crippen LogP contribution is 2.56. The molecule has 0 spiro atoms. The van der Waals surface area contributed by atoms with Gasteiger partial charge in [0.2, 0.25) is 0 Å². The SMILES string of the molecule is c1ccc(N(c2ccccc2)c2ccc(N(c3ccccc3)c3ccc4c(c3)C(=C3c5ccccc5-c5ccccc53)c3cc(N(c5ccccc5)c5ccc(N(c6ccccc6)c6ccccc6)cc5)ccc3-4)cc2)cc1. The van der Waals surface area contributed by atoms with Gasteiger partial charge in [0, 0.05) is 68.2 Å². The molecule has 14 rings (SSSR count). The third-order valence-corrected chi connectivity index (χ3v) is 15.1. The molecular formula is C74H52N4. The lowest BCUT2D eigenvalue weighted by molar-refractivity contribution is 1.25. The molecule has 0 unspecified atom stereocenters. The molecule has 78 heavy (non-hydrogen) atoms. The van der Waals surface area contributed by atoms with Crippen molar-refractivity contribution in [1.82, 2.24) is 0 Å². The third kappa shape index (κ3) is 8.30. The van der Waals surface area contributed by atoms with Crippen LogP contribution in [0.25, 0.3) is 33.4 Å². The molecule has 0 atom stereocenters. The zero-order valence-electron chi connectivity index (χ0n) is 42.8. The molecule has 0 bridgehead atoms. The first-order valence-corrected chi connectivity index (χ1v) is 26.7. The summed E-state index contributed by atoms with van der Waals surface area (Å²) in [6, 6.07) is 114. The molecule has 12 aromatic carbocycles. The van der Waals surface area contributed by atoms with E-state index in [0.717, 1.165) is 68.2 Å². The maximum Gasteiger partial charge on any atom is 0.0468 e. The van der Waals surface area contributed by atoms with Crippen LogP contribution in [0.5, 0.6) is 0 Å². The molecule has 4 heteroatoms. The molecule has 4 nitrogen and oxygen atoms in total. The molecule has 0 saturated heterocycles. The van der Waals surface area contributed by atoms with E-state index in [-0.39, 0.29) is 0 Å². The van der Waals surface area contributed by atoms with Crippen molar-refractivity contribution >= 4 is 79.4 Å². The number of hydrogen-bond acceptors (Lipinski definition) is 4. The number of fused-ring (bicyclic) bond motifs is 6. The number of anilines is 12. The third-order valence-electron chi connectivity index (χ3n) is 15.1. The number of para-hydroxylation sites is 6. The van der Waals surface area contributed by atoms with E-state index in [2.05, 4.69) is 335 Å². The number of benzene rings is 12. The van der Waals surface area contributed by atoms with E-state index >= 15 is 0 Å². The van der Waals surface area contributed by atoms with Crippen molar-refractivity contribution < 1.29 is 0 Å². The summed E-state index contributed by atoms with van der Waals surface area (Å²) in [5.41, 5.74) is 25.4. The molecule has 368 valence electrons. The largest absolute Gasteiger partial charge is 0.311 e. The molecule has 0 heterocycles. The van der Waals surface area contributed by atoms with E-state index in [1.165, 1.54) is 55.7 Å². The minimum Gasteiger partial charge on any atom is -0.311 e. The Kier molecular flexibility index (Phi) is 11.8. The molecule has 0 N–H and O–H groups in total. The molecule has 0 aliphatic heterocycles. The maximum atomic E-state index is 2.43. The van der Waals surface area contributed by atoms with Gasteiger partial charge in [0.1, 0.15) is 0 Å². The Hall–Kier alpha value is -10.4. The van der Waals surface area contributed by atoms with E-state index < -0.39 is 0 Å². The van der Waals surface area contributed by atoms with E-state index in [4.69, 9.17) is 0 Å². The van der Waals surface area contributed by atoms with Crippen LogP contribution in [-0.2, 0) is 0 Å². The van der Waals surface area contributed by atoms with Crippen LogP contribution in [0.15, 0.2) is 315 Å². The molecule has 2 aliphatic carbocycles. The number of rotatable bonds is 12. The predicted octanol–water partition coefficient (Wildman–Crippen LogP) is 20.5. The Morgan fingerprint density at radius 3 is 0.577 bits per heavy atom. The van der Waals surface area contributed by atoms with E-state index in [1.54, 1.807) is 0 Å². The Labute approximate surface area is 456 Å². The van der Waals surface area contributed by atoms with Gasteiger partial charge in [-0.15, -0.1) is 0 Å². The Balaban J connectivity index is 0.922. The summed E-state index contributed by atoms with van der Waals surface area (Å²) in [5, 5.41) is 0. The normalized spacial score (nSPS) is 11.8. The highest BCUT2D eigenvalue weighted by molar-refractivity contribution is 6.19. The van der Waals surface area contributed by atoms with Crippen molar-refractivity contribution in [2.45, 2.75) is 0 Å². The van der Waals surface area contributed by atoms with Crippen molar-refractivity contribution in [2.75, 3.05) is 19.6 Å². The minimum atomic E-state index is 1.06. The zero-order valence-corrected chi connectivity index (χ0v) is 42.8. The van der Waals surface area contributed by atoms with E-state index in [1.807, 2.05) is 0 Å². The van der Waals surface area contributed by atoms with E-state index in [9.17, 15) is 0 Å². The summed E-state index contributed by atoms with van der Waals surface area (Å²) in [5.74, 6) is 0. The molecule has 0 radical (unpaired) electrons. The number of nitrogens with zero attached hydrogens (tertiary/aromatic N) is 4. The summed E-state index contributed by atoms with van der Waals surface area (Å²) in [4.78, 5) is 9.41. The van der Waals surface area contributed by atoms with Gasteiger partial charge in [-0.25, -0.2) is 0 Å². The van der Waals surface area contributed by atoms with Gasteiger partial charge in [0.25, 0.3) is 0 Å². The Morgan fingerprint density at radius 1 is 0.128 bits per heavy atom. The summed E-state index contributed by atoms with van der Waals surface area (Å²) < 4.78 is 0. The van der Waals surface area contributed by atoms with Gasteiger partial charge in [0.05, 0.1) is 0 Å². The van der Waals surface area contributed by atoms with Crippen molar-refractivity contribution in [1.29, 1.82) is 0 Å². The van der Waals surface area contributed by atoms with Crippen LogP contribution in [0.1, 0.15) is 22.3 Å². The van der Waals surface area contributed by atoms with Crippen molar-refractivity contribution in [3.05, 3.63) is 338 Å². The summed E-state index contributed by atoms with van der Waals surface area (Å²) in [7, 11) is 0. The van der Waals surface area contributed by atoms with Crippen molar-refractivity contribution in [2.24, 2.45) is 0 Å². The van der Waals surface area contributed by atoms with Gasteiger partial charge >= 0.3 is 0 Å². The monoisotopic (exact) mass is 996 g/mol. The fourth-order valence-electron chi connectivity index (χ4n) is 11.7. The molecule has 0 amide bonds. The fourth-order valence-corrected chi connectivity index (χ4v) is 11.7. The second kappa shape index (κ2) is 20.0. The molecular weight excluding hydrogens is 945 g/mol. The number of hydrogen-bond donors (Lipinski definition) is 0. The summed E-state index contributed by atoms with van der Waals surface area (Å²) >= 11 is 0. The van der Waals surface area contributed by atoms with Crippen LogP contribution in [-0.4, -0.2) is 0 Å². The van der Waals surface area contributed by atoms with Gasteiger partial charge in [-0.3, -0.25) is 0 Å². The predicted molar refractivity (Wildman–Crippen MR) is 328 cm³/mol. The second-order valence-electron chi connectivity index (χ2n) is 19.7. The second-order valence-corrected chi connectivity index (χ2v) is 19.7. The van der Waals surface area contributed by atoms with Crippen LogP contribution >= 0.6 is 0 Å². The lowest BCUT2D eigenvalue weighted by Crippen LogP contribution is -2.12. The fraction of sp³-hybridized carbons (Fsp3) is 0. The van der Waals surface area contributed by atoms with Gasteiger partial charge in [-0.05, 0) is 201 Å². The average molecular weight is 997 g/mol. The molecule has 12 aromatic rings. The molecule has 0 fully saturated rings. The van der Waals surface area contributed by atoms with Crippen molar-refractivity contribution in [3.8, 4) is 22.3 Å². The smallest absolute Gasteiger partial charge is 0.0468 e. The molecule has 2 aliphatic rings. The van der Waals surface area contributed by atoms with Gasteiger partial charge in [0.15, 0.2) is 0 Å². The highest BCUT2D eigenvalue weighted by Gasteiger charge is 2.34. The van der Waals surface area contributed by atoms with Crippen LogP contribution in [0, 0.1) is 0 Å². The van der Waals surface area contributed by atoms with Crippen LogP contribution < -0.4 is 19.6 Å². The lowest BCUT2D eigenvalue weighted by Gasteiger charge is -2.28.